The number of carbonyl (C=O) groups is 1. The second-order valence-electron chi connectivity index (χ2n) is 8.72. The SMILES string of the molecule is Cc1ccccc1NC(=O)C1CCN(S(=O)(=O)c2cc(-c3noc(C4CCC4)n3)cs2)CC1. The molecule has 1 saturated heterocycles. The van der Waals surface area contributed by atoms with Gasteiger partial charge >= 0.3 is 0 Å². The molecule has 1 saturated carbocycles. The van der Waals surface area contributed by atoms with E-state index in [0.29, 0.717) is 49.1 Å². The number of rotatable bonds is 6. The summed E-state index contributed by atoms with van der Waals surface area (Å²) in [6, 6.07) is 9.25. The molecule has 1 aromatic carbocycles. The van der Waals surface area contributed by atoms with Crippen LogP contribution in [0.5, 0.6) is 0 Å². The van der Waals surface area contributed by atoms with Crippen LogP contribution in [0, 0.1) is 12.8 Å². The van der Waals surface area contributed by atoms with Crippen LogP contribution >= 0.6 is 11.3 Å². The molecular formula is C23H26N4O4S2. The van der Waals surface area contributed by atoms with E-state index in [1.54, 1.807) is 11.4 Å². The van der Waals surface area contributed by atoms with Crippen molar-refractivity contribution in [3.05, 3.63) is 47.2 Å². The molecule has 2 aliphatic rings. The monoisotopic (exact) mass is 486 g/mol. The number of nitrogens with zero attached hydrogens (tertiary/aromatic N) is 3. The highest BCUT2D eigenvalue weighted by Gasteiger charge is 2.33. The van der Waals surface area contributed by atoms with Gasteiger partial charge in [-0.25, -0.2) is 8.42 Å². The largest absolute Gasteiger partial charge is 0.339 e. The molecular weight excluding hydrogens is 460 g/mol. The van der Waals surface area contributed by atoms with Gasteiger partial charge in [0.15, 0.2) is 0 Å². The van der Waals surface area contributed by atoms with Crippen molar-refractivity contribution in [1.82, 2.24) is 14.4 Å². The zero-order valence-electron chi connectivity index (χ0n) is 18.4. The van der Waals surface area contributed by atoms with Crippen LogP contribution in [0.25, 0.3) is 11.4 Å². The summed E-state index contributed by atoms with van der Waals surface area (Å²) < 4.78 is 33.5. The first-order valence-corrected chi connectivity index (χ1v) is 13.5. The molecule has 5 rings (SSSR count). The van der Waals surface area contributed by atoms with Gasteiger partial charge in [-0.1, -0.05) is 29.8 Å². The summed E-state index contributed by atoms with van der Waals surface area (Å²) in [7, 11) is -3.63. The Morgan fingerprint density at radius 2 is 1.94 bits per heavy atom. The molecule has 0 radical (unpaired) electrons. The van der Waals surface area contributed by atoms with E-state index in [2.05, 4.69) is 15.5 Å². The molecule has 1 N–H and O–H groups in total. The normalized spacial score (nSPS) is 18.2. The van der Waals surface area contributed by atoms with Crippen molar-refractivity contribution in [2.45, 2.75) is 49.2 Å². The number of hydrogen-bond acceptors (Lipinski definition) is 7. The number of hydrogen-bond donors (Lipinski definition) is 1. The second-order valence-corrected chi connectivity index (χ2v) is 11.8. The molecule has 1 aliphatic heterocycles. The van der Waals surface area contributed by atoms with E-state index in [1.165, 1.54) is 10.7 Å². The lowest BCUT2D eigenvalue weighted by molar-refractivity contribution is -0.120. The fourth-order valence-electron chi connectivity index (χ4n) is 4.18. The highest BCUT2D eigenvalue weighted by molar-refractivity contribution is 7.91. The summed E-state index contributed by atoms with van der Waals surface area (Å²) in [5.41, 5.74) is 2.45. The van der Waals surface area contributed by atoms with Crippen molar-refractivity contribution in [2.75, 3.05) is 18.4 Å². The number of thiophene rings is 1. The van der Waals surface area contributed by atoms with Crippen LogP contribution in [-0.4, -0.2) is 41.9 Å². The third kappa shape index (κ3) is 4.47. The van der Waals surface area contributed by atoms with Crippen molar-refractivity contribution < 1.29 is 17.7 Å². The van der Waals surface area contributed by atoms with Gasteiger partial charge in [-0.3, -0.25) is 4.79 Å². The van der Waals surface area contributed by atoms with Crippen LogP contribution in [0.1, 0.15) is 49.5 Å². The van der Waals surface area contributed by atoms with Crippen LogP contribution in [0.3, 0.4) is 0 Å². The van der Waals surface area contributed by atoms with Crippen molar-refractivity contribution in [2.24, 2.45) is 5.92 Å². The Labute approximate surface area is 197 Å². The second kappa shape index (κ2) is 9.00. The number of nitrogens with one attached hydrogen (secondary N) is 1. The molecule has 33 heavy (non-hydrogen) atoms. The van der Waals surface area contributed by atoms with Crippen LogP contribution < -0.4 is 5.32 Å². The topological polar surface area (TPSA) is 105 Å². The molecule has 1 aliphatic carbocycles. The summed E-state index contributed by atoms with van der Waals surface area (Å²) in [6.07, 6.45) is 4.27. The van der Waals surface area contributed by atoms with Crippen molar-refractivity contribution in [3.8, 4) is 11.4 Å². The van der Waals surface area contributed by atoms with Gasteiger partial charge in [0.2, 0.25) is 17.6 Å². The number of carbonyl (C=O) groups excluding carboxylic acids is 1. The first-order valence-electron chi connectivity index (χ1n) is 11.2. The van der Waals surface area contributed by atoms with E-state index >= 15 is 0 Å². The molecule has 174 valence electrons. The van der Waals surface area contributed by atoms with Gasteiger partial charge < -0.3 is 9.84 Å². The van der Waals surface area contributed by atoms with E-state index < -0.39 is 10.0 Å². The van der Waals surface area contributed by atoms with Crippen LogP contribution in [0.4, 0.5) is 5.69 Å². The minimum atomic E-state index is -3.63. The fourth-order valence-corrected chi connectivity index (χ4v) is 6.96. The highest BCUT2D eigenvalue weighted by Crippen LogP contribution is 2.37. The maximum atomic E-state index is 13.2. The molecule has 0 bridgehead atoms. The lowest BCUT2D eigenvalue weighted by Gasteiger charge is -2.30. The average Bonchev–Trinajstić information content (AvgIpc) is 3.44. The number of sulfonamides is 1. The van der Waals surface area contributed by atoms with Gasteiger partial charge in [0, 0.05) is 41.6 Å². The quantitative estimate of drug-likeness (QED) is 0.553. The summed E-state index contributed by atoms with van der Waals surface area (Å²) in [6.45, 7) is 2.58. The number of piperidine rings is 1. The van der Waals surface area contributed by atoms with Crippen LogP contribution in [0.2, 0.25) is 0 Å². The van der Waals surface area contributed by atoms with Gasteiger partial charge in [0.25, 0.3) is 10.0 Å². The molecule has 3 aromatic rings. The molecule has 1 amide bonds. The molecule has 3 heterocycles. The number of aromatic nitrogens is 2. The molecule has 0 atom stereocenters. The minimum absolute atomic E-state index is 0.0564. The van der Waals surface area contributed by atoms with Crippen LogP contribution in [0.15, 0.2) is 44.4 Å². The summed E-state index contributed by atoms with van der Waals surface area (Å²) in [5.74, 6) is 1.13. The standard InChI is InChI=1S/C23H26N4O4S2/c1-15-5-2-3-8-19(15)24-22(28)16-9-11-27(12-10-16)33(29,30)20-13-18(14-32-20)21-25-23(31-26-21)17-6-4-7-17/h2-3,5,8,13-14,16-17H,4,6-7,9-12H2,1H3,(H,24,28). The van der Waals surface area contributed by atoms with Gasteiger partial charge in [0.1, 0.15) is 4.21 Å². The molecule has 0 unspecified atom stereocenters. The number of aryl methyl sites for hydroxylation is 1. The number of amides is 1. The van der Waals surface area contributed by atoms with Crippen molar-refractivity contribution in [3.63, 3.8) is 0 Å². The average molecular weight is 487 g/mol. The lowest BCUT2D eigenvalue weighted by Crippen LogP contribution is -2.41. The third-order valence-corrected chi connectivity index (χ3v) is 9.87. The Hall–Kier alpha value is -2.56. The third-order valence-electron chi connectivity index (χ3n) is 6.55. The summed E-state index contributed by atoms with van der Waals surface area (Å²) in [4.78, 5) is 17.1. The Bertz CT molecular complexity index is 1250. The maximum absolute atomic E-state index is 13.2. The van der Waals surface area contributed by atoms with Crippen molar-refractivity contribution in [1.29, 1.82) is 0 Å². The van der Waals surface area contributed by atoms with Crippen molar-refractivity contribution >= 4 is 33.0 Å². The van der Waals surface area contributed by atoms with E-state index in [4.69, 9.17) is 4.52 Å². The van der Waals surface area contributed by atoms with E-state index in [9.17, 15) is 13.2 Å². The summed E-state index contributed by atoms with van der Waals surface area (Å²) >= 11 is 1.16. The first kappa shape index (κ1) is 22.2. The number of anilines is 1. The Kier molecular flexibility index (Phi) is 6.07. The Balaban J connectivity index is 1.22. The summed E-state index contributed by atoms with van der Waals surface area (Å²) in [5, 5.41) is 8.77. The van der Waals surface area contributed by atoms with E-state index in [0.717, 1.165) is 35.4 Å². The molecule has 10 heteroatoms. The predicted octanol–water partition coefficient (Wildman–Crippen LogP) is 4.41. The number of benzene rings is 1. The predicted molar refractivity (Wildman–Crippen MR) is 125 cm³/mol. The first-order chi connectivity index (χ1) is 15.9. The zero-order valence-corrected chi connectivity index (χ0v) is 20.0. The highest BCUT2D eigenvalue weighted by atomic mass is 32.2. The van der Waals surface area contributed by atoms with Crippen LogP contribution in [-0.2, 0) is 14.8 Å². The van der Waals surface area contributed by atoms with Gasteiger partial charge in [-0.15, -0.1) is 11.3 Å². The van der Waals surface area contributed by atoms with E-state index in [-0.39, 0.29) is 16.0 Å². The van der Waals surface area contributed by atoms with Gasteiger partial charge in [-0.05, 0) is 50.3 Å². The Morgan fingerprint density at radius 3 is 2.64 bits per heavy atom. The zero-order chi connectivity index (χ0) is 23.0. The van der Waals surface area contributed by atoms with E-state index in [1.807, 2.05) is 31.2 Å². The molecule has 8 nitrogen and oxygen atoms in total. The Morgan fingerprint density at radius 1 is 1.18 bits per heavy atom. The fraction of sp³-hybridized carbons (Fsp3) is 0.435. The molecule has 0 spiro atoms. The van der Waals surface area contributed by atoms with Gasteiger partial charge in [0.05, 0.1) is 0 Å². The lowest BCUT2D eigenvalue weighted by atomic mass is 9.85. The van der Waals surface area contributed by atoms with Gasteiger partial charge in [-0.2, -0.15) is 9.29 Å². The molecule has 2 aromatic heterocycles. The maximum Gasteiger partial charge on any atom is 0.252 e. The minimum Gasteiger partial charge on any atom is -0.339 e. The number of para-hydroxylation sites is 1. The smallest absolute Gasteiger partial charge is 0.252 e. The molecule has 2 fully saturated rings.